The zero-order valence-electron chi connectivity index (χ0n) is 7.19. The van der Waals surface area contributed by atoms with Crippen LogP contribution in [0.3, 0.4) is 0 Å². The lowest BCUT2D eigenvalue weighted by Gasteiger charge is -2.15. The van der Waals surface area contributed by atoms with Crippen LogP contribution in [0, 0.1) is 0 Å². The second-order valence-electron chi connectivity index (χ2n) is 2.23. The van der Waals surface area contributed by atoms with Crippen molar-refractivity contribution in [3.8, 4) is 0 Å². The van der Waals surface area contributed by atoms with Gasteiger partial charge in [0.1, 0.15) is 0 Å². The van der Waals surface area contributed by atoms with Gasteiger partial charge in [-0.1, -0.05) is 0 Å². The number of aliphatic hydroxyl groups is 1. The number of carbonyl (C=O) groups is 2. The zero-order valence-corrected chi connectivity index (χ0v) is 7.19. The van der Waals surface area contributed by atoms with E-state index in [9.17, 15) is 9.59 Å². The lowest BCUT2D eigenvalue weighted by Crippen LogP contribution is -2.39. The number of hydroxylamine groups is 1. The van der Waals surface area contributed by atoms with Gasteiger partial charge < -0.3 is 15.1 Å². The summed E-state index contributed by atoms with van der Waals surface area (Å²) in [7, 11) is 1.44. The molecule has 0 aliphatic heterocycles. The zero-order chi connectivity index (χ0) is 10.3. The molecule has 0 unspecified atom stereocenters. The van der Waals surface area contributed by atoms with Crippen molar-refractivity contribution in [2.24, 2.45) is 0 Å². The molecule has 0 radical (unpaired) electrons. The molecule has 0 aliphatic rings. The van der Waals surface area contributed by atoms with E-state index in [-0.39, 0.29) is 13.2 Å². The fourth-order valence-corrected chi connectivity index (χ4v) is 0.489. The molecular weight excluding hydrogens is 180 g/mol. The van der Waals surface area contributed by atoms with Gasteiger partial charge in [-0.05, 0) is 0 Å². The molecule has 0 atom stereocenters. The van der Waals surface area contributed by atoms with E-state index < -0.39 is 18.6 Å². The number of aliphatic carboxylic acids is 1. The van der Waals surface area contributed by atoms with Crippen molar-refractivity contribution in [3.05, 3.63) is 0 Å². The molecule has 0 aromatic heterocycles. The van der Waals surface area contributed by atoms with Gasteiger partial charge >= 0.3 is 12.0 Å². The molecule has 13 heavy (non-hydrogen) atoms. The fraction of sp³-hybridized carbons (Fsp3) is 0.667. The van der Waals surface area contributed by atoms with Crippen LogP contribution in [0.15, 0.2) is 0 Å². The first kappa shape index (κ1) is 11.7. The van der Waals surface area contributed by atoms with E-state index in [0.29, 0.717) is 0 Å². The summed E-state index contributed by atoms with van der Waals surface area (Å²) in [6, 6.07) is -0.602. The number of nitrogens with zero attached hydrogens (tertiary/aromatic N) is 1. The highest BCUT2D eigenvalue weighted by atomic mass is 16.7. The van der Waals surface area contributed by atoms with Crippen LogP contribution in [-0.2, 0) is 9.63 Å². The molecule has 0 saturated carbocycles. The van der Waals surface area contributed by atoms with E-state index in [1.165, 1.54) is 7.05 Å². The number of carboxylic acid groups (broad SMARTS) is 1. The van der Waals surface area contributed by atoms with Crippen LogP contribution < -0.4 is 5.48 Å². The van der Waals surface area contributed by atoms with Gasteiger partial charge in [0.25, 0.3) is 0 Å². The Labute approximate surface area is 74.9 Å². The Hall–Kier alpha value is -1.34. The highest BCUT2D eigenvalue weighted by Crippen LogP contribution is 1.82. The Morgan fingerprint density at radius 1 is 1.54 bits per heavy atom. The number of aliphatic hydroxyl groups excluding tert-OH is 1. The van der Waals surface area contributed by atoms with Crippen molar-refractivity contribution in [2.75, 3.05) is 26.8 Å². The topological polar surface area (TPSA) is 99.1 Å². The molecule has 2 amide bonds. The van der Waals surface area contributed by atoms with Gasteiger partial charge in [0, 0.05) is 13.6 Å². The molecule has 0 saturated heterocycles. The van der Waals surface area contributed by atoms with E-state index >= 15 is 0 Å². The normalized spacial score (nSPS) is 9.38. The number of likely N-dealkylation sites (N-methyl/N-ethyl adjacent to an activating group) is 1. The number of carboxylic acids is 1. The minimum Gasteiger partial charge on any atom is -0.479 e. The van der Waals surface area contributed by atoms with E-state index in [2.05, 4.69) is 4.84 Å². The standard InChI is InChI=1S/C6H12N2O5/c1-8(2-3-9)6(12)7-13-4-5(10)11/h9H,2-4H2,1H3,(H,7,12)(H,10,11). The number of amides is 2. The van der Waals surface area contributed by atoms with Gasteiger partial charge in [0.05, 0.1) is 6.61 Å². The Bertz CT molecular complexity index is 184. The molecule has 0 aromatic rings. The van der Waals surface area contributed by atoms with Crippen molar-refractivity contribution in [2.45, 2.75) is 0 Å². The predicted octanol–water partition coefficient (Wildman–Crippen LogP) is -1.36. The average Bonchev–Trinajstić information content (AvgIpc) is 2.04. The Morgan fingerprint density at radius 3 is 2.62 bits per heavy atom. The van der Waals surface area contributed by atoms with Crippen molar-refractivity contribution < 1.29 is 24.6 Å². The third-order valence-electron chi connectivity index (χ3n) is 1.14. The first-order chi connectivity index (χ1) is 6.07. The van der Waals surface area contributed by atoms with Crippen LogP contribution in [-0.4, -0.2) is 53.9 Å². The summed E-state index contributed by atoms with van der Waals surface area (Å²) in [6.07, 6.45) is 0. The molecule has 7 nitrogen and oxygen atoms in total. The number of hydrogen-bond acceptors (Lipinski definition) is 4. The Morgan fingerprint density at radius 2 is 2.15 bits per heavy atom. The molecule has 0 heterocycles. The van der Waals surface area contributed by atoms with Gasteiger partial charge in [-0.25, -0.2) is 15.1 Å². The highest BCUT2D eigenvalue weighted by molar-refractivity contribution is 5.73. The minimum absolute atomic E-state index is 0.155. The van der Waals surface area contributed by atoms with Crippen LogP contribution >= 0.6 is 0 Å². The molecular formula is C6H12N2O5. The third-order valence-corrected chi connectivity index (χ3v) is 1.14. The summed E-state index contributed by atoms with van der Waals surface area (Å²) < 4.78 is 0. The first-order valence-electron chi connectivity index (χ1n) is 3.53. The van der Waals surface area contributed by atoms with Crippen LogP contribution in [0.5, 0.6) is 0 Å². The maximum Gasteiger partial charge on any atom is 0.341 e. The summed E-state index contributed by atoms with van der Waals surface area (Å²) in [5, 5.41) is 16.6. The van der Waals surface area contributed by atoms with Gasteiger partial charge in [0.2, 0.25) is 0 Å². The van der Waals surface area contributed by atoms with E-state index in [4.69, 9.17) is 10.2 Å². The van der Waals surface area contributed by atoms with Crippen molar-refractivity contribution in [3.63, 3.8) is 0 Å². The molecule has 0 rings (SSSR count). The van der Waals surface area contributed by atoms with E-state index in [0.717, 1.165) is 4.90 Å². The summed E-state index contributed by atoms with van der Waals surface area (Å²) in [4.78, 5) is 26.3. The monoisotopic (exact) mass is 192 g/mol. The predicted molar refractivity (Wildman–Crippen MR) is 41.8 cm³/mol. The quantitative estimate of drug-likeness (QED) is 0.467. The molecule has 0 aliphatic carbocycles. The van der Waals surface area contributed by atoms with Crippen molar-refractivity contribution in [1.82, 2.24) is 10.4 Å². The maximum absolute atomic E-state index is 10.9. The summed E-state index contributed by atoms with van der Waals surface area (Å²) in [5.74, 6) is -1.18. The molecule has 0 bridgehead atoms. The smallest absolute Gasteiger partial charge is 0.341 e. The molecule has 0 spiro atoms. The van der Waals surface area contributed by atoms with Gasteiger partial charge in [-0.15, -0.1) is 0 Å². The molecule has 7 heteroatoms. The van der Waals surface area contributed by atoms with Gasteiger partial charge in [-0.3, -0.25) is 4.84 Å². The van der Waals surface area contributed by atoms with Crippen LogP contribution in [0.25, 0.3) is 0 Å². The second-order valence-corrected chi connectivity index (χ2v) is 2.23. The summed E-state index contributed by atoms with van der Waals surface area (Å²) in [6.45, 7) is -0.607. The first-order valence-corrected chi connectivity index (χ1v) is 3.53. The van der Waals surface area contributed by atoms with Crippen LogP contribution in [0.2, 0.25) is 0 Å². The largest absolute Gasteiger partial charge is 0.479 e. The lowest BCUT2D eigenvalue weighted by molar-refractivity contribution is -0.144. The summed E-state index contributed by atoms with van der Waals surface area (Å²) in [5.41, 5.74) is 1.89. The van der Waals surface area contributed by atoms with E-state index in [1.807, 2.05) is 5.48 Å². The number of carbonyl (C=O) groups excluding carboxylic acids is 1. The molecule has 3 N–H and O–H groups in total. The number of nitrogens with one attached hydrogen (secondary N) is 1. The SMILES string of the molecule is CN(CCO)C(=O)NOCC(=O)O. The van der Waals surface area contributed by atoms with Crippen LogP contribution in [0.1, 0.15) is 0 Å². The average molecular weight is 192 g/mol. The van der Waals surface area contributed by atoms with Crippen molar-refractivity contribution in [1.29, 1.82) is 0 Å². The minimum atomic E-state index is -1.18. The lowest BCUT2D eigenvalue weighted by atomic mass is 10.6. The molecule has 0 fully saturated rings. The summed E-state index contributed by atoms with van der Waals surface area (Å²) >= 11 is 0. The van der Waals surface area contributed by atoms with Crippen LogP contribution in [0.4, 0.5) is 4.79 Å². The second kappa shape index (κ2) is 6.21. The fourth-order valence-electron chi connectivity index (χ4n) is 0.489. The third kappa shape index (κ3) is 5.88. The maximum atomic E-state index is 10.9. The number of urea groups is 1. The number of hydrogen-bond donors (Lipinski definition) is 3. The Kier molecular flexibility index (Phi) is 5.57. The van der Waals surface area contributed by atoms with Gasteiger partial charge in [-0.2, -0.15) is 0 Å². The molecule has 0 aromatic carbocycles. The number of rotatable bonds is 5. The van der Waals surface area contributed by atoms with E-state index in [1.54, 1.807) is 0 Å². The highest BCUT2D eigenvalue weighted by Gasteiger charge is 2.07. The Balaban J connectivity index is 3.55. The molecule has 76 valence electrons. The van der Waals surface area contributed by atoms with Gasteiger partial charge in [0.15, 0.2) is 6.61 Å². The van der Waals surface area contributed by atoms with Crippen molar-refractivity contribution >= 4 is 12.0 Å².